The number of aromatic nitrogens is 1. The van der Waals surface area contributed by atoms with E-state index in [0.29, 0.717) is 5.56 Å². The summed E-state index contributed by atoms with van der Waals surface area (Å²) in [5.74, 6) is -0.0268. The summed E-state index contributed by atoms with van der Waals surface area (Å²) in [6.45, 7) is 5.91. The monoisotopic (exact) mass is 242 g/mol. The van der Waals surface area contributed by atoms with Crippen molar-refractivity contribution in [3.05, 3.63) is 42.2 Å². The van der Waals surface area contributed by atoms with Crippen LogP contribution >= 0.6 is 0 Å². The lowest BCUT2D eigenvalue weighted by Gasteiger charge is -2.26. The van der Waals surface area contributed by atoms with Gasteiger partial charge in [-0.2, -0.15) is 0 Å². The van der Waals surface area contributed by atoms with E-state index < -0.39 is 6.04 Å². The Morgan fingerprint density at radius 3 is 2.67 bits per heavy atom. The van der Waals surface area contributed by atoms with Gasteiger partial charge in [-0.25, -0.2) is 0 Å². The maximum atomic E-state index is 12.5. The van der Waals surface area contributed by atoms with E-state index >= 15 is 0 Å². The van der Waals surface area contributed by atoms with Gasteiger partial charge in [-0.15, -0.1) is 0 Å². The molecule has 0 saturated carbocycles. The molecule has 0 bridgehead atoms. The van der Waals surface area contributed by atoms with E-state index in [2.05, 4.69) is 4.98 Å². The molecule has 94 valence electrons. The van der Waals surface area contributed by atoms with E-state index in [-0.39, 0.29) is 11.2 Å². The average molecular weight is 242 g/mol. The van der Waals surface area contributed by atoms with Crippen LogP contribution in [0.5, 0.6) is 0 Å². The lowest BCUT2D eigenvalue weighted by atomic mass is 9.82. The van der Waals surface area contributed by atoms with Gasteiger partial charge >= 0.3 is 0 Å². The number of rotatable bonds is 2. The molecule has 0 spiro atoms. The fourth-order valence-electron chi connectivity index (χ4n) is 1.89. The predicted molar refractivity (Wildman–Crippen MR) is 73.5 cm³/mol. The van der Waals surface area contributed by atoms with Gasteiger partial charge in [0.25, 0.3) is 0 Å². The molecule has 0 fully saturated rings. The number of nitrogens with zero attached hydrogens (tertiary/aromatic N) is 1. The summed E-state index contributed by atoms with van der Waals surface area (Å²) in [5.41, 5.74) is 6.45. The van der Waals surface area contributed by atoms with Crippen LogP contribution < -0.4 is 5.73 Å². The topological polar surface area (TPSA) is 56.0 Å². The maximum Gasteiger partial charge on any atom is 0.180 e. The summed E-state index contributed by atoms with van der Waals surface area (Å²) in [5, 5.41) is 1.88. The zero-order valence-electron chi connectivity index (χ0n) is 11.0. The molecular weight excluding hydrogens is 224 g/mol. The number of benzene rings is 1. The van der Waals surface area contributed by atoms with E-state index in [1.165, 1.54) is 0 Å². The molecule has 0 aliphatic carbocycles. The Hall–Kier alpha value is -1.74. The van der Waals surface area contributed by atoms with Gasteiger partial charge in [-0.1, -0.05) is 39.0 Å². The van der Waals surface area contributed by atoms with Crippen molar-refractivity contribution < 1.29 is 4.79 Å². The third-order valence-corrected chi connectivity index (χ3v) is 3.16. The first kappa shape index (κ1) is 12.7. The van der Waals surface area contributed by atoms with Gasteiger partial charge in [-0.05, 0) is 16.9 Å². The van der Waals surface area contributed by atoms with Gasteiger partial charge < -0.3 is 5.73 Å². The zero-order valence-corrected chi connectivity index (χ0v) is 11.0. The van der Waals surface area contributed by atoms with Crippen LogP contribution in [-0.2, 0) is 0 Å². The van der Waals surface area contributed by atoms with Crippen LogP contribution in [0.15, 0.2) is 36.7 Å². The summed E-state index contributed by atoms with van der Waals surface area (Å²) in [7, 11) is 0. The molecule has 1 aromatic carbocycles. The molecule has 2 aromatic rings. The number of ketones is 1. The highest BCUT2D eigenvalue weighted by Crippen LogP contribution is 2.24. The standard InChI is InChI=1S/C15H18N2O/c1-15(2,3)14(16)13(18)11-6-4-5-10-7-8-17-9-12(10)11/h4-9,14H,16H2,1-3H3. The number of Topliss-reactive ketones (excluding diaryl/α,β-unsaturated/α-hetero) is 1. The van der Waals surface area contributed by atoms with E-state index in [4.69, 9.17) is 5.73 Å². The largest absolute Gasteiger partial charge is 0.321 e. The van der Waals surface area contributed by atoms with Crippen LogP contribution in [-0.4, -0.2) is 16.8 Å². The fourth-order valence-corrected chi connectivity index (χ4v) is 1.89. The van der Waals surface area contributed by atoms with Gasteiger partial charge in [0.2, 0.25) is 0 Å². The quantitative estimate of drug-likeness (QED) is 0.824. The molecular formula is C15H18N2O. The highest BCUT2D eigenvalue weighted by molar-refractivity contribution is 6.10. The van der Waals surface area contributed by atoms with Crippen molar-refractivity contribution in [3.63, 3.8) is 0 Å². The van der Waals surface area contributed by atoms with Crippen LogP contribution in [0.3, 0.4) is 0 Å². The maximum absolute atomic E-state index is 12.5. The Morgan fingerprint density at radius 1 is 1.28 bits per heavy atom. The Bertz CT molecular complexity index is 579. The number of carbonyl (C=O) groups is 1. The van der Waals surface area contributed by atoms with E-state index in [1.807, 2.05) is 45.0 Å². The van der Waals surface area contributed by atoms with Crippen molar-refractivity contribution in [2.75, 3.05) is 0 Å². The summed E-state index contributed by atoms with van der Waals surface area (Å²) >= 11 is 0. The van der Waals surface area contributed by atoms with Gasteiger partial charge in [0.15, 0.2) is 5.78 Å². The van der Waals surface area contributed by atoms with Gasteiger partial charge in [-0.3, -0.25) is 9.78 Å². The first-order valence-electron chi connectivity index (χ1n) is 6.04. The summed E-state index contributed by atoms with van der Waals surface area (Å²) in [6, 6.07) is 7.05. The molecule has 1 unspecified atom stereocenters. The Kier molecular flexibility index (Phi) is 3.18. The Morgan fingerprint density at radius 2 is 2.00 bits per heavy atom. The molecule has 18 heavy (non-hydrogen) atoms. The van der Waals surface area contributed by atoms with Crippen LogP contribution in [0.25, 0.3) is 10.8 Å². The molecule has 1 atom stereocenters. The highest BCUT2D eigenvalue weighted by Gasteiger charge is 2.28. The Balaban J connectivity index is 2.52. The number of pyridine rings is 1. The number of hydrogen-bond donors (Lipinski definition) is 1. The van der Waals surface area contributed by atoms with Crippen molar-refractivity contribution in [1.29, 1.82) is 0 Å². The number of nitrogens with two attached hydrogens (primary N) is 1. The minimum absolute atomic E-state index is 0.0268. The molecule has 0 amide bonds. The number of carbonyl (C=O) groups excluding carboxylic acids is 1. The lowest BCUT2D eigenvalue weighted by Crippen LogP contribution is -2.42. The Labute approximate surface area is 107 Å². The first-order valence-corrected chi connectivity index (χ1v) is 6.04. The van der Waals surface area contributed by atoms with Gasteiger partial charge in [0, 0.05) is 23.3 Å². The van der Waals surface area contributed by atoms with Crippen LogP contribution in [0.4, 0.5) is 0 Å². The van der Waals surface area contributed by atoms with Crippen LogP contribution in [0.1, 0.15) is 31.1 Å². The third-order valence-electron chi connectivity index (χ3n) is 3.16. The molecule has 2 rings (SSSR count). The molecule has 0 aliphatic rings. The summed E-state index contributed by atoms with van der Waals surface area (Å²) in [6.07, 6.45) is 3.44. The van der Waals surface area contributed by atoms with Crippen LogP contribution in [0, 0.1) is 5.41 Å². The van der Waals surface area contributed by atoms with E-state index in [1.54, 1.807) is 12.4 Å². The minimum Gasteiger partial charge on any atom is -0.321 e. The first-order chi connectivity index (χ1) is 8.41. The fraction of sp³-hybridized carbons (Fsp3) is 0.333. The van der Waals surface area contributed by atoms with Crippen molar-refractivity contribution >= 4 is 16.6 Å². The van der Waals surface area contributed by atoms with E-state index in [9.17, 15) is 4.79 Å². The van der Waals surface area contributed by atoms with Gasteiger partial charge in [0.1, 0.15) is 0 Å². The molecule has 3 heteroatoms. The predicted octanol–water partition coefficient (Wildman–Crippen LogP) is 2.79. The second-order valence-corrected chi connectivity index (χ2v) is 5.61. The van der Waals surface area contributed by atoms with E-state index in [0.717, 1.165) is 10.8 Å². The molecule has 1 aromatic heterocycles. The second-order valence-electron chi connectivity index (χ2n) is 5.61. The van der Waals surface area contributed by atoms with Crippen molar-refractivity contribution in [2.24, 2.45) is 11.1 Å². The SMILES string of the molecule is CC(C)(C)C(N)C(=O)c1cccc2ccncc12. The third kappa shape index (κ3) is 2.27. The summed E-state index contributed by atoms with van der Waals surface area (Å²) in [4.78, 5) is 16.5. The highest BCUT2D eigenvalue weighted by atomic mass is 16.1. The number of hydrogen-bond acceptors (Lipinski definition) is 3. The molecule has 0 saturated heterocycles. The summed E-state index contributed by atoms with van der Waals surface area (Å²) < 4.78 is 0. The van der Waals surface area contributed by atoms with Crippen molar-refractivity contribution in [3.8, 4) is 0 Å². The molecule has 1 heterocycles. The van der Waals surface area contributed by atoms with Gasteiger partial charge in [0.05, 0.1) is 6.04 Å². The minimum atomic E-state index is -0.511. The molecule has 0 radical (unpaired) electrons. The zero-order chi connectivity index (χ0) is 13.3. The molecule has 2 N–H and O–H groups in total. The van der Waals surface area contributed by atoms with Crippen molar-refractivity contribution in [2.45, 2.75) is 26.8 Å². The average Bonchev–Trinajstić information content (AvgIpc) is 2.35. The van der Waals surface area contributed by atoms with Crippen LogP contribution in [0.2, 0.25) is 0 Å². The van der Waals surface area contributed by atoms with Crippen molar-refractivity contribution in [1.82, 2.24) is 4.98 Å². The second kappa shape index (κ2) is 4.50. The lowest BCUT2D eigenvalue weighted by molar-refractivity contribution is 0.0903. The normalized spacial score (nSPS) is 13.6. The smallest absolute Gasteiger partial charge is 0.180 e. The number of fused-ring (bicyclic) bond motifs is 1. The molecule has 0 aliphatic heterocycles. The molecule has 3 nitrogen and oxygen atoms in total.